The van der Waals surface area contributed by atoms with E-state index in [4.69, 9.17) is 0 Å². The molecule has 0 aliphatic heterocycles. The Kier molecular flexibility index (Phi) is 7.13. The topological polar surface area (TPSA) is 3.24 Å². The van der Waals surface area contributed by atoms with E-state index >= 15 is 0 Å². The normalized spacial score (nSPS) is 11.2. The third kappa shape index (κ3) is 5.23. The summed E-state index contributed by atoms with van der Waals surface area (Å²) in [6.07, 6.45) is 0. The highest BCUT2D eigenvalue weighted by molar-refractivity contribution is 6.08. The Hall–Kier alpha value is -5.92. The fourth-order valence-electron chi connectivity index (χ4n) is 6.60. The molecule has 0 saturated heterocycles. The Bertz CT molecular complexity index is 2300. The van der Waals surface area contributed by atoms with Crippen molar-refractivity contribution in [2.75, 3.05) is 4.90 Å². The van der Waals surface area contributed by atoms with Crippen molar-refractivity contribution in [1.29, 1.82) is 0 Å². The molecule has 1 heteroatoms. The van der Waals surface area contributed by atoms with Gasteiger partial charge < -0.3 is 4.90 Å². The van der Waals surface area contributed by atoms with E-state index in [9.17, 15) is 0 Å². The first kappa shape index (κ1) is 27.6. The minimum atomic E-state index is 1.12. The van der Waals surface area contributed by atoms with E-state index in [2.05, 4.69) is 194 Å². The lowest BCUT2D eigenvalue weighted by molar-refractivity contribution is 1.27. The van der Waals surface area contributed by atoms with Crippen LogP contribution >= 0.6 is 0 Å². The van der Waals surface area contributed by atoms with Crippen molar-refractivity contribution in [1.82, 2.24) is 0 Å². The van der Waals surface area contributed by atoms with E-state index in [1.807, 2.05) is 0 Å². The van der Waals surface area contributed by atoms with Crippen LogP contribution in [0.2, 0.25) is 0 Å². The van der Waals surface area contributed by atoms with Gasteiger partial charge in [0.15, 0.2) is 0 Å². The highest BCUT2D eigenvalue weighted by Gasteiger charge is 2.15. The van der Waals surface area contributed by atoms with Crippen molar-refractivity contribution < 1.29 is 0 Å². The Labute approximate surface area is 270 Å². The number of anilines is 3. The average Bonchev–Trinajstić information content (AvgIpc) is 3.12. The summed E-state index contributed by atoms with van der Waals surface area (Å²) in [5.41, 5.74) is 11.9. The second-order valence-electron chi connectivity index (χ2n) is 11.9. The second-order valence-corrected chi connectivity index (χ2v) is 11.9. The predicted molar refractivity (Wildman–Crippen MR) is 197 cm³/mol. The summed E-state index contributed by atoms with van der Waals surface area (Å²) >= 11 is 0. The predicted octanol–water partition coefficient (Wildman–Crippen LogP) is 12.8. The van der Waals surface area contributed by atoms with Crippen LogP contribution in [0, 0.1) is 6.92 Å². The van der Waals surface area contributed by atoms with Crippen LogP contribution in [-0.4, -0.2) is 0 Å². The van der Waals surface area contributed by atoms with E-state index < -0.39 is 0 Å². The molecule has 0 fully saturated rings. The fourth-order valence-corrected chi connectivity index (χ4v) is 6.60. The minimum absolute atomic E-state index is 1.12. The van der Waals surface area contributed by atoms with E-state index in [-0.39, 0.29) is 0 Å². The highest BCUT2D eigenvalue weighted by atomic mass is 15.1. The van der Waals surface area contributed by atoms with Crippen LogP contribution in [0.25, 0.3) is 54.9 Å². The molecule has 0 heterocycles. The third-order valence-corrected chi connectivity index (χ3v) is 8.91. The molecule has 218 valence electrons. The summed E-state index contributed by atoms with van der Waals surface area (Å²) in [6.45, 7) is 2.15. The first-order valence-electron chi connectivity index (χ1n) is 15.8. The average molecular weight is 588 g/mol. The minimum Gasteiger partial charge on any atom is -0.310 e. The number of fused-ring (bicyclic) bond motifs is 3. The van der Waals surface area contributed by atoms with Crippen LogP contribution in [0.3, 0.4) is 0 Å². The Morgan fingerprint density at radius 2 is 0.891 bits per heavy atom. The quantitative estimate of drug-likeness (QED) is 0.175. The monoisotopic (exact) mass is 587 g/mol. The lowest BCUT2D eigenvalue weighted by atomic mass is 9.94. The molecule has 46 heavy (non-hydrogen) atoms. The maximum absolute atomic E-state index is 2.34. The number of nitrogens with zero attached hydrogens (tertiary/aromatic N) is 1. The molecule has 0 unspecified atom stereocenters. The molecule has 0 radical (unpaired) electrons. The second kappa shape index (κ2) is 11.9. The molecule has 8 aromatic rings. The van der Waals surface area contributed by atoms with Gasteiger partial charge in [0.2, 0.25) is 0 Å². The van der Waals surface area contributed by atoms with E-state index in [0.717, 1.165) is 17.1 Å². The highest BCUT2D eigenvalue weighted by Crippen LogP contribution is 2.39. The van der Waals surface area contributed by atoms with Gasteiger partial charge in [-0.2, -0.15) is 0 Å². The van der Waals surface area contributed by atoms with E-state index in [1.165, 1.54) is 60.5 Å². The zero-order chi connectivity index (χ0) is 30.9. The molecule has 1 nitrogen and oxygen atoms in total. The first-order valence-corrected chi connectivity index (χ1v) is 15.8. The number of rotatable bonds is 6. The molecule has 0 bridgehead atoms. The SMILES string of the molecule is Cc1cccc(N(c2ccc(-c3ccc4c(ccc5ccccc54)c3)cc2)c2ccc(-c3ccccc3-c3ccccc3)cc2)c1. The van der Waals surface area contributed by atoms with E-state index in [1.54, 1.807) is 0 Å². The van der Waals surface area contributed by atoms with Crippen molar-refractivity contribution in [3.8, 4) is 33.4 Å². The van der Waals surface area contributed by atoms with Gasteiger partial charge in [-0.05, 0) is 110 Å². The summed E-state index contributed by atoms with van der Waals surface area (Å²) in [5, 5.41) is 5.12. The zero-order valence-corrected chi connectivity index (χ0v) is 25.8. The Morgan fingerprint density at radius 3 is 1.61 bits per heavy atom. The molecule has 0 saturated carbocycles. The van der Waals surface area contributed by atoms with Crippen LogP contribution in [-0.2, 0) is 0 Å². The summed E-state index contributed by atoms with van der Waals surface area (Å²) in [5.74, 6) is 0. The van der Waals surface area contributed by atoms with Crippen LogP contribution in [0.15, 0.2) is 182 Å². The van der Waals surface area contributed by atoms with Gasteiger partial charge in [-0.3, -0.25) is 0 Å². The largest absolute Gasteiger partial charge is 0.310 e. The smallest absolute Gasteiger partial charge is 0.0464 e. The summed E-state index contributed by atoms with van der Waals surface area (Å²) < 4.78 is 0. The standard InChI is InChI=1S/C45H33N/c1-32-10-9-14-41(30-32)46(40-27-22-36(23-28-40)44-17-8-7-16-42(44)34-11-3-2-4-12-34)39-25-20-33(21-26-39)37-24-29-45-38(31-37)19-18-35-13-5-6-15-43(35)45/h2-31H,1H3. The van der Waals surface area contributed by atoms with Gasteiger partial charge >= 0.3 is 0 Å². The molecule has 0 aromatic heterocycles. The molecule has 0 amide bonds. The Balaban J connectivity index is 1.15. The van der Waals surface area contributed by atoms with Crippen molar-refractivity contribution in [3.05, 3.63) is 188 Å². The number of aryl methyl sites for hydroxylation is 1. The molecular weight excluding hydrogens is 555 g/mol. The van der Waals surface area contributed by atoms with Crippen molar-refractivity contribution in [2.45, 2.75) is 6.92 Å². The van der Waals surface area contributed by atoms with Crippen LogP contribution < -0.4 is 4.90 Å². The first-order chi connectivity index (χ1) is 22.7. The van der Waals surface area contributed by atoms with Crippen LogP contribution in [0.1, 0.15) is 5.56 Å². The van der Waals surface area contributed by atoms with Crippen LogP contribution in [0.4, 0.5) is 17.1 Å². The zero-order valence-electron chi connectivity index (χ0n) is 25.8. The van der Waals surface area contributed by atoms with Gasteiger partial charge in [-0.25, -0.2) is 0 Å². The molecule has 0 spiro atoms. The lowest BCUT2D eigenvalue weighted by Crippen LogP contribution is -2.10. The fraction of sp³-hybridized carbons (Fsp3) is 0.0222. The number of benzene rings is 8. The summed E-state index contributed by atoms with van der Waals surface area (Å²) in [7, 11) is 0. The summed E-state index contributed by atoms with van der Waals surface area (Å²) in [4.78, 5) is 2.34. The Morgan fingerprint density at radius 1 is 0.326 bits per heavy atom. The summed E-state index contributed by atoms with van der Waals surface area (Å²) in [6, 6.07) is 65.8. The van der Waals surface area contributed by atoms with Gasteiger partial charge in [0.25, 0.3) is 0 Å². The molecule has 8 aromatic carbocycles. The molecule has 0 aliphatic carbocycles. The van der Waals surface area contributed by atoms with Crippen LogP contribution in [0.5, 0.6) is 0 Å². The molecular formula is C45H33N. The van der Waals surface area contributed by atoms with Crippen molar-refractivity contribution >= 4 is 38.6 Å². The van der Waals surface area contributed by atoms with Gasteiger partial charge in [0.05, 0.1) is 0 Å². The molecule has 0 aliphatic rings. The number of hydrogen-bond acceptors (Lipinski definition) is 1. The van der Waals surface area contributed by atoms with Gasteiger partial charge in [0, 0.05) is 17.1 Å². The van der Waals surface area contributed by atoms with Crippen molar-refractivity contribution in [3.63, 3.8) is 0 Å². The lowest BCUT2D eigenvalue weighted by Gasteiger charge is -2.26. The maximum Gasteiger partial charge on any atom is 0.0464 e. The van der Waals surface area contributed by atoms with Crippen molar-refractivity contribution in [2.24, 2.45) is 0 Å². The molecule has 8 rings (SSSR count). The van der Waals surface area contributed by atoms with E-state index in [0.29, 0.717) is 0 Å². The molecule has 0 N–H and O–H groups in total. The van der Waals surface area contributed by atoms with Gasteiger partial charge in [-0.1, -0.05) is 140 Å². The van der Waals surface area contributed by atoms with Gasteiger partial charge in [0.1, 0.15) is 0 Å². The molecule has 0 atom stereocenters. The third-order valence-electron chi connectivity index (χ3n) is 8.91. The van der Waals surface area contributed by atoms with Gasteiger partial charge in [-0.15, -0.1) is 0 Å². The maximum atomic E-state index is 2.34. The number of hydrogen-bond donors (Lipinski definition) is 0.